The summed E-state index contributed by atoms with van der Waals surface area (Å²) in [6, 6.07) is 3.33. The van der Waals surface area contributed by atoms with Crippen LogP contribution in [0.15, 0.2) is 24.5 Å². The lowest BCUT2D eigenvalue weighted by Gasteiger charge is -2.22. The second-order valence-corrected chi connectivity index (χ2v) is 8.55. The van der Waals surface area contributed by atoms with E-state index in [1.165, 1.54) is 6.20 Å². The molecule has 0 radical (unpaired) electrons. The largest absolute Gasteiger partial charge is 0.474 e. The number of amides is 1. The van der Waals surface area contributed by atoms with Gasteiger partial charge in [0.1, 0.15) is 24.2 Å². The minimum absolute atomic E-state index is 0.0173. The molecule has 1 saturated carbocycles. The smallest absolute Gasteiger partial charge is 0.413 e. The fraction of sp³-hybridized carbons (Fsp3) is 0.348. The van der Waals surface area contributed by atoms with Crippen LogP contribution in [0.3, 0.4) is 0 Å². The SMILES string of the molecule is Cc1c(-c2cc3cc(NC(=O)OC4[C@H]5COC[C@@H]45)ncc3c(N)c2F)cnc2c1NCCO2. The van der Waals surface area contributed by atoms with E-state index in [9.17, 15) is 4.79 Å². The van der Waals surface area contributed by atoms with Crippen LogP contribution >= 0.6 is 0 Å². The maximum Gasteiger partial charge on any atom is 0.413 e. The van der Waals surface area contributed by atoms with Crippen molar-refractivity contribution >= 4 is 34.1 Å². The van der Waals surface area contributed by atoms with Gasteiger partial charge in [-0.2, -0.15) is 0 Å². The Morgan fingerprint density at radius 3 is 2.88 bits per heavy atom. The molecule has 6 rings (SSSR count). The molecule has 1 amide bonds. The van der Waals surface area contributed by atoms with Gasteiger partial charge in [-0.15, -0.1) is 0 Å². The topological polar surface area (TPSA) is 121 Å². The van der Waals surface area contributed by atoms with Gasteiger partial charge in [0.2, 0.25) is 5.88 Å². The zero-order valence-electron chi connectivity index (χ0n) is 17.9. The number of halogens is 1. The molecule has 0 bridgehead atoms. The Morgan fingerprint density at radius 2 is 2.06 bits per heavy atom. The van der Waals surface area contributed by atoms with Crippen LogP contribution in [0.4, 0.5) is 26.4 Å². The van der Waals surface area contributed by atoms with E-state index < -0.39 is 11.9 Å². The molecular formula is C23H22FN5O4. The van der Waals surface area contributed by atoms with Gasteiger partial charge in [-0.05, 0) is 30.0 Å². The Kier molecular flexibility index (Phi) is 4.51. The Morgan fingerprint density at radius 1 is 1.24 bits per heavy atom. The highest BCUT2D eigenvalue weighted by molar-refractivity contribution is 5.99. The average molecular weight is 451 g/mol. The number of hydrogen-bond donors (Lipinski definition) is 3. The first-order valence-electron chi connectivity index (χ1n) is 10.8. The molecule has 1 aromatic carbocycles. The number of nitrogens with one attached hydrogen (secondary N) is 2. The molecule has 1 aliphatic carbocycles. The monoisotopic (exact) mass is 451 g/mol. The minimum atomic E-state index is -0.572. The highest BCUT2D eigenvalue weighted by Gasteiger charge is 2.57. The van der Waals surface area contributed by atoms with Crippen LogP contribution < -0.4 is 21.1 Å². The number of benzene rings is 1. The number of carbonyl (C=O) groups is 1. The van der Waals surface area contributed by atoms with Gasteiger partial charge in [0.15, 0.2) is 5.82 Å². The molecule has 3 atom stereocenters. The van der Waals surface area contributed by atoms with Crippen LogP contribution in [0.5, 0.6) is 5.88 Å². The molecule has 2 aliphatic heterocycles. The number of pyridine rings is 2. The Labute approximate surface area is 188 Å². The lowest BCUT2D eigenvalue weighted by molar-refractivity contribution is 0.0900. The van der Waals surface area contributed by atoms with Gasteiger partial charge in [0.25, 0.3) is 0 Å². The Bertz CT molecular complexity index is 1290. The van der Waals surface area contributed by atoms with Gasteiger partial charge in [0.05, 0.1) is 18.9 Å². The number of anilines is 3. The zero-order valence-corrected chi connectivity index (χ0v) is 17.9. The number of rotatable bonds is 3. The summed E-state index contributed by atoms with van der Waals surface area (Å²) < 4.78 is 31.6. The van der Waals surface area contributed by atoms with Crippen LogP contribution in [0.1, 0.15) is 5.56 Å². The number of nitrogens with zero attached hydrogens (tertiary/aromatic N) is 2. The molecule has 10 heteroatoms. The van der Waals surface area contributed by atoms with Crippen molar-refractivity contribution in [3.8, 4) is 17.0 Å². The standard InChI is InChI=1S/C23H22FN5O4/c1-10-13(6-28-22-20(10)26-2-3-32-22)12-4-11-5-17(27-7-14(11)19(25)18(12)24)29-23(30)33-21-15-8-31-9-16(15)21/h4-7,15-16,21,26H,2-3,8-9,25H2,1H3,(H,27,29,30)/t15-,16+,21?. The molecule has 4 heterocycles. The maximum absolute atomic E-state index is 15.3. The second-order valence-electron chi connectivity index (χ2n) is 8.55. The third kappa shape index (κ3) is 3.29. The Balaban J connectivity index is 1.32. The summed E-state index contributed by atoms with van der Waals surface area (Å²) in [4.78, 5) is 20.8. The molecule has 170 valence electrons. The molecule has 33 heavy (non-hydrogen) atoms. The van der Waals surface area contributed by atoms with E-state index in [1.54, 1.807) is 18.3 Å². The maximum atomic E-state index is 15.3. The van der Waals surface area contributed by atoms with Crippen LogP contribution in [0.25, 0.3) is 21.9 Å². The lowest BCUT2D eigenvalue weighted by atomic mass is 9.97. The van der Waals surface area contributed by atoms with E-state index in [-0.39, 0.29) is 11.8 Å². The predicted molar refractivity (Wildman–Crippen MR) is 120 cm³/mol. The zero-order chi connectivity index (χ0) is 22.7. The minimum Gasteiger partial charge on any atom is -0.474 e. The molecule has 3 aliphatic rings. The number of aromatic nitrogens is 2. The van der Waals surface area contributed by atoms with Crippen LogP contribution in [0.2, 0.25) is 0 Å². The third-order valence-electron chi connectivity index (χ3n) is 6.58. The van der Waals surface area contributed by atoms with E-state index in [1.807, 2.05) is 6.92 Å². The summed E-state index contributed by atoms with van der Waals surface area (Å²) in [5.74, 6) is 0.825. The summed E-state index contributed by atoms with van der Waals surface area (Å²) in [6.45, 7) is 4.31. The lowest BCUT2D eigenvalue weighted by Crippen LogP contribution is -2.20. The Hall–Kier alpha value is -3.66. The van der Waals surface area contributed by atoms with E-state index in [4.69, 9.17) is 19.9 Å². The van der Waals surface area contributed by atoms with Crippen LogP contribution in [-0.4, -0.2) is 48.5 Å². The summed E-state index contributed by atoms with van der Waals surface area (Å²) in [5.41, 5.74) is 8.57. The van der Waals surface area contributed by atoms with Crippen molar-refractivity contribution in [2.75, 3.05) is 42.7 Å². The second kappa shape index (κ2) is 7.45. The molecule has 4 N–H and O–H groups in total. The van der Waals surface area contributed by atoms with E-state index in [2.05, 4.69) is 20.6 Å². The van der Waals surface area contributed by atoms with Gasteiger partial charge in [0, 0.05) is 47.3 Å². The van der Waals surface area contributed by atoms with Gasteiger partial charge in [-0.25, -0.2) is 19.2 Å². The van der Waals surface area contributed by atoms with E-state index in [0.717, 1.165) is 11.3 Å². The highest BCUT2D eigenvalue weighted by Crippen LogP contribution is 2.46. The first-order chi connectivity index (χ1) is 16.0. The first kappa shape index (κ1) is 20.0. The molecule has 2 fully saturated rings. The number of ether oxygens (including phenoxy) is 3. The van der Waals surface area contributed by atoms with Crippen molar-refractivity contribution in [1.29, 1.82) is 0 Å². The highest BCUT2D eigenvalue weighted by atomic mass is 19.1. The van der Waals surface area contributed by atoms with Crippen molar-refractivity contribution in [2.24, 2.45) is 11.8 Å². The van der Waals surface area contributed by atoms with Gasteiger partial charge >= 0.3 is 6.09 Å². The fourth-order valence-corrected chi connectivity index (χ4v) is 4.67. The third-order valence-corrected chi connectivity index (χ3v) is 6.58. The first-order valence-corrected chi connectivity index (χ1v) is 10.8. The van der Waals surface area contributed by atoms with Crippen molar-refractivity contribution in [3.05, 3.63) is 35.9 Å². The molecule has 3 aromatic rings. The van der Waals surface area contributed by atoms with E-state index >= 15 is 4.39 Å². The van der Waals surface area contributed by atoms with Gasteiger partial charge in [-0.1, -0.05) is 0 Å². The van der Waals surface area contributed by atoms with Crippen LogP contribution in [-0.2, 0) is 9.47 Å². The molecular weight excluding hydrogens is 429 g/mol. The summed E-state index contributed by atoms with van der Waals surface area (Å²) in [6.07, 6.45) is 2.35. The molecule has 1 saturated heterocycles. The molecule has 9 nitrogen and oxygen atoms in total. The van der Waals surface area contributed by atoms with Gasteiger partial charge in [-0.3, -0.25) is 5.32 Å². The summed E-state index contributed by atoms with van der Waals surface area (Å²) in [5, 5.41) is 7.00. The number of nitrogen functional groups attached to an aromatic ring is 1. The summed E-state index contributed by atoms with van der Waals surface area (Å²) >= 11 is 0. The fourth-order valence-electron chi connectivity index (χ4n) is 4.67. The molecule has 2 aromatic heterocycles. The van der Waals surface area contributed by atoms with Gasteiger partial charge < -0.3 is 25.3 Å². The van der Waals surface area contributed by atoms with Crippen molar-refractivity contribution in [1.82, 2.24) is 9.97 Å². The number of carbonyl (C=O) groups excluding carboxylic acids is 1. The molecule has 0 spiro atoms. The quantitative estimate of drug-likeness (QED) is 0.519. The number of hydrogen-bond acceptors (Lipinski definition) is 8. The number of fused-ring (bicyclic) bond motifs is 3. The predicted octanol–water partition coefficient (Wildman–Crippen LogP) is 3.32. The van der Waals surface area contributed by atoms with Crippen molar-refractivity contribution < 1.29 is 23.4 Å². The number of nitrogens with two attached hydrogens (primary N) is 1. The molecule has 1 unspecified atom stereocenters. The van der Waals surface area contributed by atoms with Crippen molar-refractivity contribution in [3.63, 3.8) is 0 Å². The van der Waals surface area contributed by atoms with Crippen LogP contribution in [0, 0.1) is 24.6 Å². The van der Waals surface area contributed by atoms with E-state index in [0.29, 0.717) is 71.8 Å². The normalized spacial score (nSPS) is 22.7. The average Bonchev–Trinajstić information content (AvgIpc) is 3.22. The summed E-state index contributed by atoms with van der Waals surface area (Å²) in [7, 11) is 0. The van der Waals surface area contributed by atoms with Crippen molar-refractivity contribution in [2.45, 2.75) is 13.0 Å².